The lowest BCUT2D eigenvalue weighted by molar-refractivity contribution is -0.115. The van der Waals surface area contributed by atoms with Gasteiger partial charge in [0.15, 0.2) is 0 Å². The Labute approximate surface area is 84.3 Å². The first-order valence-electron chi connectivity index (χ1n) is 4.90. The van der Waals surface area contributed by atoms with Gasteiger partial charge in [-0.2, -0.15) is 0 Å². The van der Waals surface area contributed by atoms with Gasteiger partial charge in [-0.05, 0) is 22.6 Å². The molecule has 0 atom stereocenters. The van der Waals surface area contributed by atoms with Crippen molar-refractivity contribution in [2.45, 2.75) is 32.6 Å². The average molecular weight is 189 g/mol. The van der Waals surface area contributed by atoms with Gasteiger partial charge < -0.3 is 5.32 Å². The van der Waals surface area contributed by atoms with Crippen LogP contribution < -0.4 is 5.32 Å². The lowest BCUT2D eigenvalue weighted by atomic mass is 9.86. The van der Waals surface area contributed by atoms with Crippen molar-refractivity contribution in [2.75, 3.05) is 5.32 Å². The van der Waals surface area contributed by atoms with Crippen LogP contribution in [0.3, 0.4) is 0 Å². The second-order valence-electron chi connectivity index (χ2n) is 4.85. The molecule has 0 fully saturated rings. The van der Waals surface area contributed by atoms with Crippen LogP contribution in [0.2, 0.25) is 0 Å². The molecule has 1 aromatic rings. The molecule has 2 rings (SSSR count). The largest absolute Gasteiger partial charge is 0.326 e. The van der Waals surface area contributed by atoms with Gasteiger partial charge in [0.05, 0.1) is 6.42 Å². The van der Waals surface area contributed by atoms with E-state index in [0.717, 1.165) is 11.3 Å². The molecule has 2 nitrogen and oxygen atoms in total. The minimum atomic E-state index is 0.103. The van der Waals surface area contributed by atoms with Gasteiger partial charge in [-0.25, -0.2) is 0 Å². The summed E-state index contributed by atoms with van der Waals surface area (Å²) in [6, 6.07) is 6.22. The summed E-state index contributed by atoms with van der Waals surface area (Å²) in [5, 5.41) is 2.84. The standard InChI is InChI=1S/C12H15NO/c1-12(2,3)9-4-5-10-8(6-9)7-11(14)13-10/h4-6H,7H2,1-3H3,(H,13,14). The highest BCUT2D eigenvalue weighted by Gasteiger charge is 2.20. The molecule has 1 N–H and O–H groups in total. The quantitative estimate of drug-likeness (QED) is 0.667. The molecule has 0 unspecified atom stereocenters. The summed E-state index contributed by atoms with van der Waals surface area (Å²) in [5.41, 5.74) is 3.54. The van der Waals surface area contributed by atoms with E-state index in [1.165, 1.54) is 5.56 Å². The van der Waals surface area contributed by atoms with Gasteiger partial charge in [-0.3, -0.25) is 4.79 Å². The molecule has 0 saturated carbocycles. The number of nitrogens with one attached hydrogen (secondary N) is 1. The van der Waals surface area contributed by atoms with Crippen LogP contribution in [0.1, 0.15) is 31.9 Å². The van der Waals surface area contributed by atoms with Crippen molar-refractivity contribution in [1.82, 2.24) is 0 Å². The van der Waals surface area contributed by atoms with E-state index in [0.29, 0.717) is 6.42 Å². The second kappa shape index (κ2) is 2.84. The molecule has 0 spiro atoms. The van der Waals surface area contributed by atoms with Gasteiger partial charge >= 0.3 is 0 Å². The van der Waals surface area contributed by atoms with Crippen LogP contribution >= 0.6 is 0 Å². The van der Waals surface area contributed by atoms with Crippen molar-refractivity contribution < 1.29 is 4.79 Å². The minimum Gasteiger partial charge on any atom is -0.326 e. The van der Waals surface area contributed by atoms with Crippen molar-refractivity contribution in [2.24, 2.45) is 0 Å². The predicted octanol–water partition coefficient (Wildman–Crippen LogP) is 2.48. The molecule has 2 heteroatoms. The summed E-state index contributed by atoms with van der Waals surface area (Å²) in [5.74, 6) is 0.103. The van der Waals surface area contributed by atoms with Crippen LogP contribution in [-0.2, 0) is 16.6 Å². The maximum absolute atomic E-state index is 11.1. The van der Waals surface area contributed by atoms with E-state index >= 15 is 0 Å². The first-order chi connectivity index (χ1) is 6.47. The highest BCUT2D eigenvalue weighted by molar-refractivity contribution is 5.99. The van der Waals surface area contributed by atoms with Crippen LogP contribution in [0.4, 0.5) is 5.69 Å². The van der Waals surface area contributed by atoms with Crippen LogP contribution in [-0.4, -0.2) is 5.91 Å². The average Bonchev–Trinajstić information content (AvgIpc) is 2.41. The van der Waals surface area contributed by atoms with Crippen molar-refractivity contribution >= 4 is 11.6 Å². The van der Waals surface area contributed by atoms with E-state index in [1.54, 1.807) is 0 Å². The minimum absolute atomic E-state index is 0.103. The maximum atomic E-state index is 11.1. The summed E-state index contributed by atoms with van der Waals surface area (Å²) in [6.45, 7) is 6.54. The van der Waals surface area contributed by atoms with Gasteiger partial charge in [0.2, 0.25) is 5.91 Å². The molecule has 0 aromatic heterocycles. The Kier molecular flexibility index (Phi) is 1.88. The SMILES string of the molecule is CC(C)(C)c1ccc2c(c1)CC(=O)N2. The molecule has 1 amide bonds. The van der Waals surface area contributed by atoms with Gasteiger partial charge in [-0.1, -0.05) is 32.9 Å². The molecule has 1 heterocycles. The van der Waals surface area contributed by atoms with Crippen molar-refractivity contribution in [3.8, 4) is 0 Å². The third-order valence-corrected chi connectivity index (χ3v) is 2.60. The fourth-order valence-electron chi connectivity index (χ4n) is 1.70. The third kappa shape index (κ3) is 1.52. The molecule has 1 aromatic carbocycles. The van der Waals surface area contributed by atoms with Gasteiger partial charge in [0, 0.05) is 5.69 Å². The highest BCUT2D eigenvalue weighted by Crippen LogP contribution is 2.29. The van der Waals surface area contributed by atoms with Crippen molar-refractivity contribution in [3.05, 3.63) is 29.3 Å². The molecule has 0 saturated heterocycles. The Hall–Kier alpha value is -1.31. The molecule has 0 bridgehead atoms. The summed E-state index contributed by atoms with van der Waals surface area (Å²) < 4.78 is 0. The molecular formula is C12H15NO. The smallest absolute Gasteiger partial charge is 0.228 e. The number of carbonyl (C=O) groups is 1. The summed E-state index contributed by atoms with van der Waals surface area (Å²) in [4.78, 5) is 11.1. The van der Waals surface area contributed by atoms with Crippen LogP contribution in [0.15, 0.2) is 18.2 Å². The fraction of sp³-hybridized carbons (Fsp3) is 0.417. The molecule has 1 aliphatic rings. The molecule has 74 valence electrons. The summed E-state index contributed by atoms with van der Waals surface area (Å²) in [7, 11) is 0. The second-order valence-corrected chi connectivity index (χ2v) is 4.85. The van der Waals surface area contributed by atoms with Crippen LogP contribution in [0, 0.1) is 0 Å². The number of anilines is 1. The highest BCUT2D eigenvalue weighted by atomic mass is 16.1. The lowest BCUT2D eigenvalue weighted by Crippen LogP contribution is -2.10. The number of carbonyl (C=O) groups excluding carboxylic acids is 1. The number of hydrogen-bond donors (Lipinski definition) is 1. The molecule has 0 aliphatic carbocycles. The first kappa shape index (κ1) is 9.25. The number of hydrogen-bond acceptors (Lipinski definition) is 1. The zero-order valence-electron chi connectivity index (χ0n) is 8.85. The van der Waals surface area contributed by atoms with E-state index in [2.05, 4.69) is 38.2 Å². The predicted molar refractivity (Wildman–Crippen MR) is 57.5 cm³/mol. The Morgan fingerprint density at radius 1 is 1.29 bits per heavy atom. The molecule has 14 heavy (non-hydrogen) atoms. The van der Waals surface area contributed by atoms with Crippen LogP contribution in [0.25, 0.3) is 0 Å². The van der Waals surface area contributed by atoms with E-state index in [4.69, 9.17) is 0 Å². The molecule has 0 radical (unpaired) electrons. The van der Waals surface area contributed by atoms with E-state index in [9.17, 15) is 4.79 Å². The van der Waals surface area contributed by atoms with Crippen molar-refractivity contribution in [1.29, 1.82) is 0 Å². The Balaban J connectivity index is 2.43. The summed E-state index contributed by atoms with van der Waals surface area (Å²) >= 11 is 0. The maximum Gasteiger partial charge on any atom is 0.228 e. The molecule has 1 aliphatic heterocycles. The van der Waals surface area contributed by atoms with Gasteiger partial charge in [0.25, 0.3) is 0 Å². The number of amides is 1. The monoisotopic (exact) mass is 189 g/mol. The number of rotatable bonds is 0. The normalized spacial score (nSPS) is 15.2. The third-order valence-electron chi connectivity index (χ3n) is 2.60. The molecular weight excluding hydrogens is 174 g/mol. The first-order valence-corrected chi connectivity index (χ1v) is 4.90. The Morgan fingerprint density at radius 2 is 2.00 bits per heavy atom. The van der Waals surface area contributed by atoms with Crippen LogP contribution in [0.5, 0.6) is 0 Å². The van der Waals surface area contributed by atoms with E-state index in [1.807, 2.05) is 6.07 Å². The topological polar surface area (TPSA) is 29.1 Å². The van der Waals surface area contributed by atoms with E-state index in [-0.39, 0.29) is 11.3 Å². The van der Waals surface area contributed by atoms with Gasteiger partial charge in [-0.15, -0.1) is 0 Å². The number of fused-ring (bicyclic) bond motifs is 1. The summed E-state index contributed by atoms with van der Waals surface area (Å²) in [6.07, 6.45) is 0.527. The van der Waals surface area contributed by atoms with Gasteiger partial charge in [0.1, 0.15) is 0 Å². The lowest BCUT2D eigenvalue weighted by Gasteiger charge is -2.19. The zero-order chi connectivity index (χ0) is 10.3. The Bertz CT molecular complexity index is 388. The Morgan fingerprint density at radius 3 is 2.64 bits per heavy atom. The van der Waals surface area contributed by atoms with E-state index < -0.39 is 0 Å². The van der Waals surface area contributed by atoms with Crippen molar-refractivity contribution in [3.63, 3.8) is 0 Å². The number of benzene rings is 1. The fourth-order valence-corrected chi connectivity index (χ4v) is 1.70. The zero-order valence-corrected chi connectivity index (χ0v) is 8.85.